The normalized spacial score (nSPS) is 14.6. The number of hydrogen-bond acceptors (Lipinski definition) is 7. The summed E-state index contributed by atoms with van der Waals surface area (Å²) in [5.74, 6) is 1.21. The summed E-state index contributed by atoms with van der Waals surface area (Å²) in [4.78, 5) is 34.4. The van der Waals surface area contributed by atoms with Crippen LogP contribution < -0.4 is 10.2 Å². The van der Waals surface area contributed by atoms with Crippen LogP contribution in [0, 0.1) is 0 Å². The molecule has 29 heavy (non-hydrogen) atoms. The Hall–Kier alpha value is -3.39. The number of aromatic nitrogens is 4. The maximum atomic E-state index is 12.5. The average Bonchev–Trinajstić information content (AvgIpc) is 2.79. The molecule has 3 aromatic rings. The predicted molar refractivity (Wildman–Crippen MR) is 110 cm³/mol. The van der Waals surface area contributed by atoms with Crippen molar-refractivity contribution >= 4 is 11.7 Å². The lowest BCUT2D eigenvalue weighted by Crippen LogP contribution is -2.45. The molecule has 1 N–H and O–H groups in total. The van der Waals surface area contributed by atoms with Crippen LogP contribution in [0.4, 0.5) is 5.82 Å². The van der Waals surface area contributed by atoms with Crippen molar-refractivity contribution in [2.45, 2.75) is 6.54 Å². The summed E-state index contributed by atoms with van der Waals surface area (Å²) < 4.78 is 0. The van der Waals surface area contributed by atoms with Crippen LogP contribution in [0.2, 0.25) is 0 Å². The molecule has 0 radical (unpaired) electrons. The highest BCUT2D eigenvalue weighted by Crippen LogP contribution is 2.19. The Morgan fingerprint density at radius 1 is 0.966 bits per heavy atom. The Morgan fingerprint density at radius 3 is 2.45 bits per heavy atom. The van der Waals surface area contributed by atoms with Crippen molar-refractivity contribution in [3.8, 4) is 11.5 Å². The summed E-state index contributed by atoms with van der Waals surface area (Å²) in [5, 5.41) is 2.95. The molecule has 1 aliphatic heterocycles. The SMILES string of the molecule is CN1CCN(c2ncccc2CNC(=O)c2cnc(-c3ccccn3)nc2)CC1. The molecule has 4 heterocycles. The highest BCUT2D eigenvalue weighted by molar-refractivity contribution is 5.93. The van der Waals surface area contributed by atoms with Crippen LogP contribution in [0.25, 0.3) is 11.5 Å². The molecule has 3 aromatic heterocycles. The minimum Gasteiger partial charge on any atom is -0.354 e. The molecule has 0 unspecified atom stereocenters. The van der Waals surface area contributed by atoms with Crippen molar-refractivity contribution < 1.29 is 4.79 Å². The van der Waals surface area contributed by atoms with Gasteiger partial charge in [-0.1, -0.05) is 12.1 Å². The predicted octanol–water partition coefficient (Wildman–Crippen LogP) is 1.62. The minimum absolute atomic E-state index is 0.217. The third kappa shape index (κ3) is 4.55. The van der Waals surface area contributed by atoms with Gasteiger partial charge in [0.05, 0.1) is 5.56 Å². The van der Waals surface area contributed by atoms with E-state index in [0.29, 0.717) is 23.6 Å². The molecule has 0 spiro atoms. The van der Waals surface area contributed by atoms with E-state index in [0.717, 1.165) is 37.6 Å². The smallest absolute Gasteiger partial charge is 0.254 e. The Labute approximate surface area is 169 Å². The van der Waals surface area contributed by atoms with Gasteiger partial charge >= 0.3 is 0 Å². The van der Waals surface area contributed by atoms with E-state index in [4.69, 9.17) is 0 Å². The first-order valence-corrected chi connectivity index (χ1v) is 9.60. The van der Waals surface area contributed by atoms with E-state index in [1.54, 1.807) is 12.4 Å². The molecule has 0 aromatic carbocycles. The van der Waals surface area contributed by atoms with Gasteiger partial charge in [0.2, 0.25) is 0 Å². The number of anilines is 1. The average molecular weight is 389 g/mol. The van der Waals surface area contributed by atoms with E-state index in [1.165, 1.54) is 12.4 Å². The maximum Gasteiger partial charge on any atom is 0.254 e. The highest BCUT2D eigenvalue weighted by atomic mass is 16.1. The lowest BCUT2D eigenvalue weighted by molar-refractivity contribution is 0.0950. The second-order valence-electron chi connectivity index (χ2n) is 6.97. The van der Waals surface area contributed by atoms with Crippen LogP contribution in [-0.2, 0) is 6.54 Å². The number of hydrogen-bond donors (Lipinski definition) is 1. The van der Waals surface area contributed by atoms with Crippen molar-refractivity contribution in [3.63, 3.8) is 0 Å². The molecule has 8 heteroatoms. The molecule has 0 saturated carbocycles. The first-order valence-electron chi connectivity index (χ1n) is 9.60. The first kappa shape index (κ1) is 18.9. The van der Waals surface area contributed by atoms with Crippen molar-refractivity contribution in [2.75, 3.05) is 38.1 Å². The maximum absolute atomic E-state index is 12.5. The molecular formula is C21H23N7O. The molecule has 1 fully saturated rings. The third-order valence-electron chi connectivity index (χ3n) is 4.92. The van der Waals surface area contributed by atoms with Gasteiger partial charge in [-0.15, -0.1) is 0 Å². The largest absolute Gasteiger partial charge is 0.354 e. The lowest BCUT2D eigenvalue weighted by atomic mass is 10.2. The van der Waals surface area contributed by atoms with E-state index in [1.807, 2.05) is 30.3 Å². The fraction of sp³-hybridized carbons (Fsp3) is 0.286. The van der Waals surface area contributed by atoms with Crippen molar-refractivity contribution in [1.29, 1.82) is 0 Å². The van der Waals surface area contributed by atoms with Crippen LogP contribution in [0.15, 0.2) is 55.1 Å². The van der Waals surface area contributed by atoms with Gasteiger partial charge in [-0.25, -0.2) is 15.0 Å². The molecule has 1 aliphatic rings. The van der Waals surface area contributed by atoms with Gasteiger partial charge in [-0.2, -0.15) is 0 Å². The zero-order valence-corrected chi connectivity index (χ0v) is 16.3. The topological polar surface area (TPSA) is 87.1 Å². The molecule has 148 valence electrons. The van der Waals surface area contributed by atoms with Gasteiger partial charge in [-0.3, -0.25) is 9.78 Å². The summed E-state index contributed by atoms with van der Waals surface area (Å²) in [6, 6.07) is 9.43. The quantitative estimate of drug-likeness (QED) is 0.709. The molecule has 8 nitrogen and oxygen atoms in total. The van der Waals surface area contributed by atoms with Gasteiger partial charge in [-0.05, 0) is 25.2 Å². The standard InChI is InChI=1S/C21H23N7O/c1-27-9-11-28(12-10-27)20-16(5-4-8-23-20)13-26-21(29)17-14-24-19(25-15-17)18-6-2-3-7-22-18/h2-8,14-15H,9-13H2,1H3,(H,26,29). The van der Waals surface area contributed by atoms with Gasteiger partial charge in [0.15, 0.2) is 5.82 Å². The van der Waals surface area contributed by atoms with Crippen LogP contribution in [0.1, 0.15) is 15.9 Å². The molecule has 0 atom stereocenters. The van der Waals surface area contributed by atoms with Gasteiger partial charge < -0.3 is 15.1 Å². The number of likely N-dealkylation sites (N-methyl/N-ethyl adjacent to an activating group) is 1. The number of rotatable bonds is 5. The van der Waals surface area contributed by atoms with E-state index in [2.05, 4.69) is 42.1 Å². The summed E-state index contributed by atoms with van der Waals surface area (Å²) in [5.41, 5.74) is 2.08. The number of amides is 1. The molecule has 1 saturated heterocycles. The van der Waals surface area contributed by atoms with Crippen LogP contribution in [-0.4, -0.2) is 64.0 Å². The minimum atomic E-state index is -0.217. The molecule has 1 amide bonds. The van der Waals surface area contributed by atoms with Crippen molar-refractivity contribution in [1.82, 2.24) is 30.2 Å². The molecule has 0 bridgehead atoms. The van der Waals surface area contributed by atoms with Gasteiger partial charge in [0.25, 0.3) is 5.91 Å². The zero-order chi connectivity index (χ0) is 20.1. The number of carbonyl (C=O) groups excluding carboxylic acids is 1. The summed E-state index contributed by atoms with van der Waals surface area (Å²) in [7, 11) is 2.12. The molecule has 4 rings (SSSR count). The van der Waals surface area contributed by atoms with Gasteiger partial charge in [0, 0.05) is 63.1 Å². The third-order valence-corrected chi connectivity index (χ3v) is 4.92. The Bertz CT molecular complexity index is 954. The summed E-state index contributed by atoms with van der Waals surface area (Å²) >= 11 is 0. The van der Waals surface area contributed by atoms with Crippen LogP contribution in [0.5, 0.6) is 0 Å². The van der Waals surface area contributed by atoms with Crippen LogP contribution >= 0.6 is 0 Å². The molecule has 0 aliphatic carbocycles. The Balaban J connectivity index is 1.41. The summed E-state index contributed by atoms with van der Waals surface area (Å²) in [6.07, 6.45) is 6.53. The number of piperazine rings is 1. The Morgan fingerprint density at radius 2 is 1.72 bits per heavy atom. The second kappa shape index (κ2) is 8.74. The Kier molecular flexibility index (Phi) is 5.71. The fourth-order valence-corrected chi connectivity index (χ4v) is 3.22. The summed E-state index contributed by atoms with van der Waals surface area (Å²) in [6.45, 7) is 4.26. The monoisotopic (exact) mass is 389 g/mol. The number of nitrogens with one attached hydrogen (secondary N) is 1. The number of nitrogens with zero attached hydrogens (tertiary/aromatic N) is 6. The highest BCUT2D eigenvalue weighted by Gasteiger charge is 2.18. The van der Waals surface area contributed by atoms with Crippen LogP contribution in [0.3, 0.4) is 0 Å². The molecular weight excluding hydrogens is 366 g/mol. The number of carbonyl (C=O) groups is 1. The van der Waals surface area contributed by atoms with Gasteiger partial charge in [0.1, 0.15) is 11.5 Å². The van der Waals surface area contributed by atoms with E-state index in [9.17, 15) is 4.79 Å². The first-order chi connectivity index (χ1) is 14.2. The van der Waals surface area contributed by atoms with E-state index < -0.39 is 0 Å². The van der Waals surface area contributed by atoms with E-state index in [-0.39, 0.29) is 5.91 Å². The second-order valence-corrected chi connectivity index (χ2v) is 6.97. The van der Waals surface area contributed by atoms with Crippen molar-refractivity contribution in [3.05, 3.63) is 66.2 Å². The lowest BCUT2D eigenvalue weighted by Gasteiger charge is -2.34. The fourth-order valence-electron chi connectivity index (χ4n) is 3.22. The number of pyridine rings is 2. The zero-order valence-electron chi connectivity index (χ0n) is 16.3. The van der Waals surface area contributed by atoms with Crippen molar-refractivity contribution in [2.24, 2.45) is 0 Å². The van der Waals surface area contributed by atoms with E-state index >= 15 is 0 Å².